The molecule has 0 unspecified atom stereocenters. The van der Waals surface area contributed by atoms with Crippen LogP contribution in [0.25, 0.3) is 0 Å². The number of pyridine rings is 1. The van der Waals surface area contributed by atoms with Crippen molar-refractivity contribution < 1.29 is 9.90 Å². The third-order valence-electron chi connectivity index (χ3n) is 1.95. The number of aliphatic carboxylic acids is 1. The fourth-order valence-corrected chi connectivity index (χ4v) is 1.31. The lowest BCUT2D eigenvalue weighted by molar-refractivity contribution is -0.138. The van der Waals surface area contributed by atoms with E-state index in [4.69, 9.17) is 23.1 Å². The first kappa shape index (κ1) is 12.5. The minimum atomic E-state index is -1.04. The summed E-state index contributed by atoms with van der Waals surface area (Å²) in [4.78, 5) is 14.9. The van der Waals surface area contributed by atoms with Crippen LogP contribution in [0.4, 0.5) is 0 Å². The van der Waals surface area contributed by atoms with Crippen molar-refractivity contribution in [2.75, 3.05) is 6.54 Å². The van der Waals surface area contributed by atoms with Crippen LogP contribution in [0.15, 0.2) is 24.5 Å². The number of rotatable bonds is 5. The van der Waals surface area contributed by atoms with Crippen LogP contribution in [-0.2, 0) is 11.2 Å². The van der Waals surface area contributed by atoms with Gasteiger partial charge in [0.1, 0.15) is 6.04 Å². The molecule has 1 heterocycles. The van der Waals surface area contributed by atoms with Crippen LogP contribution in [0.2, 0.25) is 0 Å². The molecule has 16 heavy (non-hydrogen) atoms. The molecule has 1 atom stereocenters. The first-order valence-electron chi connectivity index (χ1n) is 4.73. The predicted molar refractivity (Wildman–Crippen MR) is 64.2 cm³/mol. The summed E-state index contributed by atoms with van der Waals surface area (Å²) < 4.78 is 0. The first-order chi connectivity index (χ1) is 7.59. The fraction of sp³-hybridized carbons (Fsp3) is 0.300. The molecule has 0 aromatic carbocycles. The fourth-order valence-electron chi connectivity index (χ4n) is 1.06. The number of aromatic nitrogens is 1. The van der Waals surface area contributed by atoms with Gasteiger partial charge in [0, 0.05) is 25.4 Å². The summed E-state index contributed by atoms with van der Waals surface area (Å²) in [6.45, 7) is 0.138. The largest absolute Gasteiger partial charge is 0.480 e. The third-order valence-corrected chi connectivity index (χ3v) is 2.24. The van der Waals surface area contributed by atoms with Gasteiger partial charge in [-0.3, -0.25) is 9.78 Å². The average Bonchev–Trinajstić information content (AvgIpc) is 2.27. The molecule has 0 radical (unpaired) electrons. The molecule has 0 bridgehead atoms. The van der Waals surface area contributed by atoms with E-state index in [9.17, 15) is 4.79 Å². The maximum Gasteiger partial charge on any atom is 0.322 e. The Morgan fingerprint density at radius 3 is 2.75 bits per heavy atom. The molecule has 0 saturated carbocycles. The number of carbonyl (C=O) groups is 1. The molecule has 0 aliphatic carbocycles. The summed E-state index contributed by atoms with van der Waals surface area (Å²) in [6.07, 6.45) is 3.92. The Bertz CT molecular complexity index is 370. The molecule has 4 N–H and O–H groups in total. The average molecular weight is 239 g/mol. The van der Waals surface area contributed by atoms with E-state index in [0.29, 0.717) is 11.4 Å². The highest BCUT2D eigenvalue weighted by Crippen LogP contribution is 1.98. The molecule has 5 nitrogen and oxygen atoms in total. The van der Waals surface area contributed by atoms with E-state index in [1.54, 1.807) is 12.4 Å². The lowest BCUT2D eigenvalue weighted by Gasteiger charge is -2.10. The van der Waals surface area contributed by atoms with Crippen LogP contribution in [0.1, 0.15) is 5.56 Å². The lowest BCUT2D eigenvalue weighted by atomic mass is 10.2. The highest BCUT2D eigenvalue weighted by molar-refractivity contribution is 7.80. The Kier molecular flexibility index (Phi) is 4.81. The first-order valence-corrected chi connectivity index (χ1v) is 5.14. The highest BCUT2D eigenvalue weighted by Gasteiger charge is 2.11. The second kappa shape index (κ2) is 6.14. The van der Waals surface area contributed by atoms with E-state index in [-0.39, 0.29) is 6.54 Å². The monoisotopic (exact) mass is 239 g/mol. The molecule has 0 spiro atoms. The topological polar surface area (TPSA) is 88.2 Å². The van der Waals surface area contributed by atoms with Gasteiger partial charge in [0.25, 0.3) is 0 Å². The van der Waals surface area contributed by atoms with Crippen molar-refractivity contribution in [2.45, 2.75) is 12.5 Å². The van der Waals surface area contributed by atoms with Gasteiger partial charge in [-0.1, -0.05) is 12.2 Å². The number of hydrogen-bond acceptors (Lipinski definition) is 4. The molecular weight excluding hydrogens is 226 g/mol. The van der Waals surface area contributed by atoms with E-state index in [1.165, 1.54) is 0 Å². The van der Waals surface area contributed by atoms with Crippen molar-refractivity contribution in [3.05, 3.63) is 30.1 Å². The maximum atomic E-state index is 10.5. The molecule has 0 aliphatic heterocycles. The highest BCUT2D eigenvalue weighted by atomic mass is 32.1. The Balaban J connectivity index is 2.35. The molecule has 1 rings (SSSR count). The van der Waals surface area contributed by atoms with E-state index >= 15 is 0 Å². The number of carboxylic acids is 1. The zero-order valence-electron chi connectivity index (χ0n) is 8.59. The minimum Gasteiger partial charge on any atom is -0.480 e. The number of nitrogens with one attached hydrogen (secondary N) is 1. The number of carboxylic acid groups (broad SMARTS) is 1. The van der Waals surface area contributed by atoms with Gasteiger partial charge in [-0.15, -0.1) is 0 Å². The van der Waals surface area contributed by atoms with Gasteiger partial charge in [0.15, 0.2) is 0 Å². The van der Waals surface area contributed by atoms with Crippen LogP contribution < -0.4 is 11.1 Å². The van der Waals surface area contributed by atoms with Crippen LogP contribution in [0.3, 0.4) is 0 Å². The number of thiocarbonyl (C=S) groups is 1. The zero-order chi connectivity index (χ0) is 12.0. The summed E-state index contributed by atoms with van der Waals surface area (Å²) >= 11 is 5.06. The summed E-state index contributed by atoms with van der Waals surface area (Å²) in [7, 11) is 0. The van der Waals surface area contributed by atoms with Crippen molar-refractivity contribution in [1.82, 2.24) is 10.3 Å². The SMILES string of the molecule is N[C@@H](CNC(=S)Cc1ccncc1)C(=O)O. The van der Waals surface area contributed by atoms with E-state index < -0.39 is 12.0 Å². The maximum absolute atomic E-state index is 10.5. The third kappa shape index (κ3) is 4.33. The van der Waals surface area contributed by atoms with Crippen molar-refractivity contribution >= 4 is 23.2 Å². The second-order valence-electron chi connectivity index (χ2n) is 3.28. The van der Waals surface area contributed by atoms with Gasteiger partial charge < -0.3 is 16.2 Å². The van der Waals surface area contributed by atoms with Crippen molar-refractivity contribution in [3.8, 4) is 0 Å². The number of hydrogen-bond donors (Lipinski definition) is 3. The molecule has 1 aromatic heterocycles. The molecule has 0 aliphatic rings. The molecule has 86 valence electrons. The van der Waals surface area contributed by atoms with Crippen LogP contribution in [0, 0.1) is 0 Å². The summed E-state index contributed by atoms with van der Waals surface area (Å²) in [5, 5.41) is 11.4. The summed E-state index contributed by atoms with van der Waals surface area (Å²) in [5.41, 5.74) is 6.35. The molecular formula is C10H13N3O2S. The van der Waals surface area contributed by atoms with Crippen LogP contribution in [0.5, 0.6) is 0 Å². The Hall–Kier alpha value is -1.53. The van der Waals surface area contributed by atoms with Crippen molar-refractivity contribution in [2.24, 2.45) is 5.73 Å². The lowest BCUT2D eigenvalue weighted by Crippen LogP contribution is -2.42. The van der Waals surface area contributed by atoms with Crippen LogP contribution in [-0.4, -0.2) is 33.6 Å². The molecule has 1 aromatic rings. The number of nitrogens with zero attached hydrogens (tertiary/aromatic N) is 1. The standard InChI is InChI=1S/C10H13N3O2S/c11-8(10(14)15)6-13-9(16)5-7-1-3-12-4-2-7/h1-4,8H,5-6,11H2,(H,13,16)(H,14,15)/t8-/m0/s1. The van der Waals surface area contributed by atoms with Crippen molar-refractivity contribution in [3.63, 3.8) is 0 Å². The van der Waals surface area contributed by atoms with Gasteiger partial charge in [-0.05, 0) is 17.7 Å². The van der Waals surface area contributed by atoms with Gasteiger partial charge in [-0.2, -0.15) is 0 Å². The zero-order valence-corrected chi connectivity index (χ0v) is 9.41. The quantitative estimate of drug-likeness (QED) is 0.625. The smallest absolute Gasteiger partial charge is 0.322 e. The van der Waals surface area contributed by atoms with E-state index in [2.05, 4.69) is 10.3 Å². The number of nitrogens with two attached hydrogens (primary N) is 1. The van der Waals surface area contributed by atoms with Gasteiger partial charge in [0.2, 0.25) is 0 Å². The molecule has 0 saturated heterocycles. The Labute approximate surface area is 98.7 Å². The Morgan fingerprint density at radius 2 is 2.19 bits per heavy atom. The summed E-state index contributed by atoms with van der Waals surface area (Å²) in [6, 6.07) is 2.77. The van der Waals surface area contributed by atoms with Gasteiger partial charge in [-0.25, -0.2) is 0 Å². The van der Waals surface area contributed by atoms with E-state index in [1.807, 2.05) is 12.1 Å². The van der Waals surface area contributed by atoms with E-state index in [0.717, 1.165) is 5.56 Å². The molecule has 0 amide bonds. The summed E-state index contributed by atoms with van der Waals surface area (Å²) in [5.74, 6) is -1.04. The second-order valence-corrected chi connectivity index (χ2v) is 3.77. The predicted octanol–water partition coefficient (Wildman–Crippen LogP) is -0.0470. The van der Waals surface area contributed by atoms with Crippen LogP contribution >= 0.6 is 12.2 Å². The normalized spacial score (nSPS) is 11.8. The van der Waals surface area contributed by atoms with Gasteiger partial charge >= 0.3 is 5.97 Å². The molecule has 0 fully saturated rings. The van der Waals surface area contributed by atoms with Gasteiger partial charge in [0.05, 0.1) is 4.99 Å². The Morgan fingerprint density at radius 1 is 1.56 bits per heavy atom. The molecule has 6 heteroatoms. The van der Waals surface area contributed by atoms with Crippen molar-refractivity contribution in [1.29, 1.82) is 0 Å². The minimum absolute atomic E-state index is 0.138.